The van der Waals surface area contributed by atoms with Crippen LogP contribution in [0.1, 0.15) is 18.1 Å². The summed E-state index contributed by atoms with van der Waals surface area (Å²) < 4.78 is 22.5. The minimum atomic E-state index is -0.954. The third kappa shape index (κ3) is 7.59. The van der Waals surface area contributed by atoms with E-state index in [4.69, 9.17) is 10.00 Å². The smallest absolute Gasteiger partial charge is 0.408 e. The maximum Gasteiger partial charge on any atom is 0.408 e. The molecule has 0 aliphatic rings. The highest BCUT2D eigenvalue weighted by Gasteiger charge is 2.17. The fourth-order valence-electron chi connectivity index (χ4n) is 2.33. The number of anilines is 1. The van der Waals surface area contributed by atoms with Crippen LogP contribution in [0.2, 0.25) is 0 Å². The van der Waals surface area contributed by atoms with Gasteiger partial charge in [0.2, 0.25) is 5.91 Å². The van der Waals surface area contributed by atoms with Crippen molar-refractivity contribution in [3.05, 3.63) is 65.5 Å². The summed E-state index contributed by atoms with van der Waals surface area (Å²) in [6.07, 6.45) is -0.701. The topological polar surface area (TPSA) is 118 Å². The first-order valence-corrected chi connectivity index (χ1v) is 8.97. The van der Waals surface area contributed by atoms with Crippen molar-refractivity contribution in [1.29, 1.82) is 5.26 Å². The average Bonchev–Trinajstić information content (AvgIpc) is 2.73. The summed E-state index contributed by atoms with van der Waals surface area (Å²) in [6, 6.07) is 13.0. The number of hydrogen-bond donors (Lipinski definition) is 2. The predicted molar refractivity (Wildman–Crippen MR) is 105 cm³/mol. The van der Waals surface area contributed by atoms with Gasteiger partial charge in [0.05, 0.1) is 6.42 Å². The van der Waals surface area contributed by atoms with Gasteiger partial charge in [0.15, 0.2) is 6.61 Å². The molecule has 0 aromatic heterocycles. The summed E-state index contributed by atoms with van der Waals surface area (Å²) in [6.45, 7) is 0.965. The molecule has 30 heavy (non-hydrogen) atoms. The molecule has 2 rings (SSSR count). The number of ether oxygens (including phenoxy) is 2. The van der Waals surface area contributed by atoms with Crippen LogP contribution < -0.4 is 10.6 Å². The van der Waals surface area contributed by atoms with E-state index in [2.05, 4.69) is 15.4 Å². The van der Waals surface area contributed by atoms with Crippen LogP contribution in [0, 0.1) is 17.1 Å². The quantitative estimate of drug-likeness (QED) is 0.643. The summed E-state index contributed by atoms with van der Waals surface area (Å²) in [5, 5.41) is 13.4. The Bertz CT molecular complexity index is 923. The molecule has 156 valence electrons. The van der Waals surface area contributed by atoms with Crippen LogP contribution in [0.15, 0.2) is 48.5 Å². The summed E-state index contributed by atoms with van der Waals surface area (Å²) in [4.78, 5) is 35.3. The molecule has 2 amide bonds. The van der Waals surface area contributed by atoms with Gasteiger partial charge in [-0.1, -0.05) is 24.3 Å². The number of nitrogens with one attached hydrogen (secondary N) is 2. The van der Waals surface area contributed by atoms with E-state index >= 15 is 0 Å². The van der Waals surface area contributed by atoms with Gasteiger partial charge in [0, 0.05) is 5.69 Å². The normalized spacial score (nSPS) is 11.0. The monoisotopic (exact) mass is 413 g/mol. The lowest BCUT2D eigenvalue weighted by atomic mass is 10.1. The van der Waals surface area contributed by atoms with E-state index in [1.165, 1.54) is 19.1 Å². The Morgan fingerprint density at radius 3 is 2.30 bits per heavy atom. The Morgan fingerprint density at radius 2 is 1.67 bits per heavy atom. The van der Waals surface area contributed by atoms with Crippen molar-refractivity contribution >= 4 is 23.7 Å². The van der Waals surface area contributed by atoms with E-state index in [0.29, 0.717) is 16.8 Å². The number of carbonyl (C=O) groups is 3. The highest BCUT2D eigenvalue weighted by atomic mass is 19.1. The van der Waals surface area contributed by atoms with Crippen LogP contribution in [0.4, 0.5) is 14.9 Å². The summed E-state index contributed by atoms with van der Waals surface area (Å²) in [5.41, 5.74) is 1.92. The molecule has 0 unspecified atom stereocenters. The minimum absolute atomic E-state index is 0.0460. The molecule has 0 fully saturated rings. The number of rotatable bonds is 8. The molecule has 9 heteroatoms. The lowest BCUT2D eigenvalue weighted by Gasteiger charge is -2.12. The number of esters is 1. The van der Waals surface area contributed by atoms with E-state index < -0.39 is 24.7 Å². The fourth-order valence-corrected chi connectivity index (χ4v) is 2.33. The number of amides is 2. The molecule has 0 saturated carbocycles. The molecule has 0 aliphatic heterocycles. The van der Waals surface area contributed by atoms with Gasteiger partial charge in [-0.3, -0.25) is 4.79 Å². The van der Waals surface area contributed by atoms with Crippen molar-refractivity contribution in [2.45, 2.75) is 26.0 Å². The highest BCUT2D eigenvalue weighted by Crippen LogP contribution is 2.12. The van der Waals surface area contributed by atoms with E-state index in [0.717, 1.165) is 0 Å². The van der Waals surface area contributed by atoms with Crippen LogP contribution in [0.3, 0.4) is 0 Å². The molecular formula is C21H20FN3O5. The second-order valence-corrected chi connectivity index (χ2v) is 6.26. The van der Waals surface area contributed by atoms with Crippen molar-refractivity contribution in [2.24, 2.45) is 0 Å². The molecule has 2 aromatic rings. The van der Waals surface area contributed by atoms with Gasteiger partial charge >= 0.3 is 12.1 Å². The molecule has 0 saturated heterocycles. The Labute approximate surface area is 172 Å². The van der Waals surface area contributed by atoms with Crippen LogP contribution >= 0.6 is 0 Å². The van der Waals surface area contributed by atoms with Crippen molar-refractivity contribution in [1.82, 2.24) is 5.32 Å². The molecule has 8 nitrogen and oxygen atoms in total. The molecular weight excluding hydrogens is 393 g/mol. The molecule has 2 N–H and O–H groups in total. The van der Waals surface area contributed by atoms with Gasteiger partial charge in [0.25, 0.3) is 0 Å². The second kappa shape index (κ2) is 11.2. The van der Waals surface area contributed by atoms with Crippen molar-refractivity contribution in [3.8, 4) is 6.07 Å². The number of carbonyl (C=O) groups excluding carboxylic acids is 3. The van der Waals surface area contributed by atoms with Crippen molar-refractivity contribution in [2.75, 3.05) is 11.9 Å². The van der Waals surface area contributed by atoms with Gasteiger partial charge in [0.1, 0.15) is 24.5 Å². The molecule has 1 atom stereocenters. The number of nitrogens with zero attached hydrogens (tertiary/aromatic N) is 1. The maximum absolute atomic E-state index is 12.9. The summed E-state index contributed by atoms with van der Waals surface area (Å²) >= 11 is 0. The zero-order valence-electron chi connectivity index (χ0n) is 16.2. The highest BCUT2D eigenvalue weighted by molar-refractivity contribution is 5.92. The second-order valence-electron chi connectivity index (χ2n) is 6.26. The predicted octanol–water partition coefficient (Wildman–Crippen LogP) is 2.69. The van der Waals surface area contributed by atoms with E-state index in [1.54, 1.807) is 42.5 Å². The minimum Gasteiger partial charge on any atom is -0.449 e. The van der Waals surface area contributed by atoms with Crippen LogP contribution in [-0.2, 0) is 32.1 Å². The molecule has 0 bridgehead atoms. The molecule has 0 radical (unpaired) electrons. The van der Waals surface area contributed by atoms with E-state index in [9.17, 15) is 18.8 Å². The van der Waals surface area contributed by atoms with Crippen molar-refractivity contribution in [3.63, 3.8) is 0 Å². The molecule has 0 aliphatic carbocycles. The van der Waals surface area contributed by atoms with Crippen molar-refractivity contribution < 1.29 is 28.2 Å². The van der Waals surface area contributed by atoms with Gasteiger partial charge in [-0.25, -0.2) is 14.0 Å². The molecule has 0 spiro atoms. The Kier molecular flexibility index (Phi) is 8.32. The van der Waals surface area contributed by atoms with Crippen LogP contribution in [0.25, 0.3) is 0 Å². The SMILES string of the molecule is C[C@@H](NC(=O)OCc1ccc(NC(=O)Cc2ccc(F)cc2)cc1)C(=O)OCC#N. The van der Waals surface area contributed by atoms with Gasteiger partial charge in [-0.2, -0.15) is 5.26 Å². The first kappa shape index (κ1) is 22.4. The zero-order chi connectivity index (χ0) is 21.9. The Hall–Kier alpha value is -3.93. The number of halogens is 1. The average molecular weight is 413 g/mol. The van der Waals surface area contributed by atoms with E-state index in [-0.39, 0.29) is 24.8 Å². The fraction of sp³-hybridized carbons (Fsp3) is 0.238. The maximum atomic E-state index is 12.9. The molecule has 0 heterocycles. The summed E-state index contributed by atoms with van der Waals surface area (Å²) in [5.74, 6) is -1.35. The Morgan fingerprint density at radius 1 is 1.03 bits per heavy atom. The third-order valence-corrected chi connectivity index (χ3v) is 3.85. The standard InChI is InChI=1S/C21H20FN3O5/c1-14(20(27)29-11-10-23)24-21(28)30-13-16-4-8-18(9-5-16)25-19(26)12-15-2-6-17(22)7-3-15/h2-9,14H,11-13H2,1H3,(H,24,28)(H,25,26)/t14-/m1/s1. The lowest BCUT2D eigenvalue weighted by Crippen LogP contribution is -2.39. The van der Waals surface area contributed by atoms with E-state index in [1.807, 2.05) is 0 Å². The van der Waals surface area contributed by atoms with Gasteiger partial charge < -0.3 is 20.1 Å². The number of hydrogen-bond acceptors (Lipinski definition) is 6. The number of alkyl carbamates (subject to hydrolysis) is 1. The van der Waals surface area contributed by atoms with Gasteiger partial charge in [-0.05, 0) is 42.3 Å². The van der Waals surface area contributed by atoms with Crippen LogP contribution in [-0.4, -0.2) is 30.6 Å². The van der Waals surface area contributed by atoms with Crippen LogP contribution in [0.5, 0.6) is 0 Å². The first-order valence-electron chi connectivity index (χ1n) is 8.97. The third-order valence-electron chi connectivity index (χ3n) is 3.85. The molecule has 2 aromatic carbocycles. The number of benzene rings is 2. The number of nitriles is 1. The lowest BCUT2D eigenvalue weighted by molar-refractivity contribution is -0.144. The first-order chi connectivity index (χ1) is 14.4. The Balaban J connectivity index is 1.76. The largest absolute Gasteiger partial charge is 0.449 e. The zero-order valence-corrected chi connectivity index (χ0v) is 16.2. The van der Waals surface area contributed by atoms with Gasteiger partial charge in [-0.15, -0.1) is 0 Å². The summed E-state index contributed by atoms with van der Waals surface area (Å²) in [7, 11) is 0.